The maximum absolute atomic E-state index is 15.3. The lowest BCUT2D eigenvalue weighted by atomic mass is 9.49. The van der Waals surface area contributed by atoms with E-state index >= 15 is 4.79 Å². The van der Waals surface area contributed by atoms with Crippen LogP contribution in [-0.4, -0.2) is 57.4 Å². The van der Waals surface area contributed by atoms with E-state index in [-0.39, 0.29) is 37.4 Å². The molecule has 0 unspecified atom stereocenters. The lowest BCUT2D eigenvalue weighted by molar-refractivity contribution is -0.146. The number of para-hydroxylation sites is 1. The van der Waals surface area contributed by atoms with E-state index in [0.29, 0.717) is 29.0 Å². The van der Waals surface area contributed by atoms with Crippen LogP contribution in [0.25, 0.3) is 0 Å². The summed E-state index contributed by atoms with van der Waals surface area (Å²) in [6, 6.07) is 24.3. The molecule has 2 aliphatic carbocycles. The molecule has 6 atom stereocenters. The molecule has 3 aromatic carbocycles. The minimum absolute atomic E-state index is 0.0419. The zero-order valence-electron chi connectivity index (χ0n) is 27.7. The van der Waals surface area contributed by atoms with E-state index < -0.39 is 46.5 Å². The predicted molar refractivity (Wildman–Crippen MR) is 179 cm³/mol. The molecule has 2 aliphatic heterocycles. The molecule has 3 aromatic rings. The highest BCUT2D eigenvalue weighted by atomic mass is 16.5. The Bertz CT molecular complexity index is 1810. The van der Waals surface area contributed by atoms with Crippen LogP contribution in [0.5, 0.6) is 5.75 Å². The van der Waals surface area contributed by atoms with Gasteiger partial charge in [0, 0.05) is 17.0 Å². The average molecular weight is 648 g/mol. The van der Waals surface area contributed by atoms with E-state index in [9.17, 15) is 19.5 Å². The van der Waals surface area contributed by atoms with Crippen molar-refractivity contribution >= 4 is 29.3 Å². The van der Waals surface area contributed by atoms with Crippen LogP contribution in [0.3, 0.4) is 0 Å². The summed E-state index contributed by atoms with van der Waals surface area (Å²) in [6.45, 7) is 7.39. The molecule has 7 rings (SSSR count). The zero-order chi connectivity index (χ0) is 34.0. The number of carbonyl (C=O) groups is 4. The molecule has 9 nitrogen and oxygen atoms in total. The molecule has 4 amide bonds. The van der Waals surface area contributed by atoms with Crippen molar-refractivity contribution < 1.29 is 29.0 Å². The quantitative estimate of drug-likeness (QED) is 0.269. The zero-order valence-corrected chi connectivity index (χ0v) is 27.7. The summed E-state index contributed by atoms with van der Waals surface area (Å²) in [5.41, 5.74) is 4.93. The second-order valence-electron chi connectivity index (χ2n) is 14.4. The first-order chi connectivity index (χ1) is 23.0. The topological polar surface area (TPSA) is 116 Å². The lowest BCUT2D eigenvalue weighted by Gasteiger charge is -2.50. The van der Waals surface area contributed by atoms with Gasteiger partial charge in [-0.3, -0.25) is 29.5 Å². The SMILES string of the molecule is Cc1ccc(NN2C(=O)[C@@H]3C[C@@H]4C(=CC[C@@H]5C(=O)N(C(C)(C)C)C(=O)[C@@H]54)[C@H](c4ccccc4OCCO)[C@]3(c3ccccc3)C2=O)cc1. The molecule has 2 saturated heterocycles. The van der Waals surface area contributed by atoms with Gasteiger partial charge in [-0.15, -0.1) is 0 Å². The number of allylic oxidation sites excluding steroid dienone is 2. The van der Waals surface area contributed by atoms with Crippen LogP contribution in [0.2, 0.25) is 0 Å². The first-order valence-electron chi connectivity index (χ1n) is 16.7. The van der Waals surface area contributed by atoms with Crippen LogP contribution in [0.15, 0.2) is 90.5 Å². The third kappa shape index (κ3) is 4.70. The van der Waals surface area contributed by atoms with Gasteiger partial charge in [-0.25, -0.2) is 0 Å². The number of hydrazine groups is 1. The molecule has 2 heterocycles. The fourth-order valence-electron chi connectivity index (χ4n) is 8.76. The molecule has 9 heteroatoms. The summed E-state index contributed by atoms with van der Waals surface area (Å²) in [5.74, 6) is -3.90. The molecule has 248 valence electrons. The standard InChI is InChI=1S/C39H41N3O6/c1-23-14-16-25(17-15-23)40-42-35(45)30-22-29-26(18-19-28-32(29)36(46)41(34(28)44)38(2,3)4)33(27-12-8-9-13-31(27)48-21-20-43)39(30,37(42)47)24-10-6-5-7-11-24/h5-18,28-30,32-33,40,43H,19-22H2,1-4H3/t28-,29+,30-,32-,33+,39+/m0/s1. The van der Waals surface area contributed by atoms with Gasteiger partial charge in [-0.05, 0) is 70.2 Å². The number of anilines is 1. The third-order valence-electron chi connectivity index (χ3n) is 10.6. The number of rotatable bonds is 7. The minimum Gasteiger partial charge on any atom is -0.491 e. The van der Waals surface area contributed by atoms with Gasteiger partial charge in [0.25, 0.3) is 11.8 Å². The number of aliphatic hydroxyl groups is 1. The van der Waals surface area contributed by atoms with Gasteiger partial charge >= 0.3 is 0 Å². The maximum atomic E-state index is 15.3. The van der Waals surface area contributed by atoms with Crippen molar-refractivity contribution in [1.29, 1.82) is 0 Å². The lowest BCUT2D eigenvalue weighted by Crippen LogP contribution is -2.53. The molecule has 0 bridgehead atoms. The normalized spacial score (nSPS) is 28.2. The highest BCUT2D eigenvalue weighted by molar-refractivity contribution is 6.13. The van der Waals surface area contributed by atoms with Crippen LogP contribution in [0.4, 0.5) is 5.69 Å². The fraction of sp³-hybridized carbons (Fsp3) is 0.385. The number of aliphatic hydroxyl groups excluding tert-OH is 1. The number of ether oxygens (including phenoxy) is 1. The van der Waals surface area contributed by atoms with Gasteiger partial charge in [0.15, 0.2) is 0 Å². The summed E-state index contributed by atoms with van der Waals surface area (Å²) < 4.78 is 6.10. The molecule has 3 fully saturated rings. The molecule has 2 N–H and O–H groups in total. The number of fused-ring (bicyclic) bond motifs is 4. The fourth-order valence-corrected chi connectivity index (χ4v) is 8.76. The van der Waals surface area contributed by atoms with Gasteiger partial charge in [-0.1, -0.05) is 77.9 Å². The molecule has 0 radical (unpaired) electrons. The number of carbonyl (C=O) groups excluding carboxylic acids is 4. The Morgan fingerprint density at radius 1 is 0.875 bits per heavy atom. The summed E-state index contributed by atoms with van der Waals surface area (Å²) in [7, 11) is 0. The largest absolute Gasteiger partial charge is 0.491 e. The Morgan fingerprint density at radius 3 is 2.25 bits per heavy atom. The Labute approximate surface area is 280 Å². The Morgan fingerprint density at radius 2 is 1.56 bits per heavy atom. The first-order valence-corrected chi connectivity index (χ1v) is 16.7. The van der Waals surface area contributed by atoms with Gasteiger partial charge in [0.2, 0.25) is 11.8 Å². The smallest absolute Gasteiger partial charge is 0.260 e. The first kappa shape index (κ1) is 31.8. The number of aryl methyl sites for hydroxylation is 1. The molecule has 0 aromatic heterocycles. The predicted octanol–water partition coefficient (Wildman–Crippen LogP) is 5.15. The molecule has 1 saturated carbocycles. The van der Waals surface area contributed by atoms with Gasteiger partial charge in [0.1, 0.15) is 12.4 Å². The van der Waals surface area contributed by atoms with Crippen molar-refractivity contribution in [2.75, 3.05) is 18.6 Å². The summed E-state index contributed by atoms with van der Waals surface area (Å²) in [5, 5.41) is 10.8. The molecule has 0 spiro atoms. The van der Waals surface area contributed by atoms with E-state index in [2.05, 4.69) is 5.43 Å². The van der Waals surface area contributed by atoms with Crippen LogP contribution >= 0.6 is 0 Å². The number of benzene rings is 3. The highest BCUT2D eigenvalue weighted by Crippen LogP contribution is 2.65. The summed E-state index contributed by atoms with van der Waals surface area (Å²) in [4.78, 5) is 59.5. The van der Waals surface area contributed by atoms with Gasteiger partial charge in [-0.2, -0.15) is 5.01 Å². The maximum Gasteiger partial charge on any atom is 0.260 e. The summed E-state index contributed by atoms with van der Waals surface area (Å²) in [6.07, 6.45) is 2.63. The minimum atomic E-state index is -1.39. The van der Waals surface area contributed by atoms with E-state index in [4.69, 9.17) is 4.74 Å². The van der Waals surface area contributed by atoms with Gasteiger partial charge in [0.05, 0.1) is 35.5 Å². The van der Waals surface area contributed by atoms with Crippen molar-refractivity contribution in [2.24, 2.45) is 23.7 Å². The summed E-state index contributed by atoms with van der Waals surface area (Å²) >= 11 is 0. The molecule has 48 heavy (non-hydrogen) atoms. The third-order valence-corrected chi connectivity index (χ3v) is 10.6. The van der Waals surface area contributed by atoms with Gasteiger partial charge < -0.3 is 9.84 Å². The van der Waals surface area contributed by atoms with E-state index in [1.165, 1.54) is 4.90 Å². The van der Waals surface area contributed by atoms with Crippen LogP contribution in [0, 0.1) is 30.6 Å². The molecule has 4 aliphatic rings. The number of hydrogen-bond acceptors (Lipinski definition) is 7. The van der Waals surface area contributed by atoms with Crippen molar-refractivity contribution in [2.45, 2.75) is 57.4 Å². The van der Waals surface area contributed by atoms with Crippen LogP contribution in [-0.2, 0) is 24.6 Å². The van der Waals surface area contributed by atoms with Crippen LogP contribution in [0.1, 0.15) is 56.2 Å². The Kier molecular flexibility index (Phi) is 7.78. The number of nitrogens with one attached hydrogen (secondary N) is 1. The number of nitrogens with zero attached hydrogens (tertiary/aromatic N) is 2. The van der Waals surface area contributed by atoms with E-state index in [1.807, 2.05) is 113 Å². The average Bonchev–Trinajstić information content (AvgIpc) is 3.46. The van der Waals surface area contributed by atoms with Crippen molar-refractivity contribution in [3.05, 3.63) is 107 Å². The molecular weight excluding hydrogens is 606 g/mol. The van der Waals surface area contributed by atoms with E-state index in [1.54, 1.807) is 0 Å². The second-order valence-corrected chi connectivity index (χ2v) is 14.4. The number of likely N-dealkylation sites (tertiary alicyclic amines) is 1. The van der Waals surface area contributed by atoms with Crippen molar-refractivity contribution in [3.8, 4) is 5.75 Å². The Hall–Kier alpha value is -4.76. The van der Waals surface area contributed by atoms with Crippen molar-refractivity contribution in [1.82, 2.24) is 9.91 Å². The number of hydrogen-bond donors (Lipinski definition) is 2. The molecular formula is C39H41N3O6. The Balaban J connectivity index is 1.46. The van der Waals surface area contributed by atoms with Crippen molar-refractivity contribution in [3.63, 3.8) is 0 Å². The number of amides is 4. The highest BCUT2D eigenvalue weighted by Gasteiger charge is 2.71. The van der Waals surface area contributed by atoms with E-state index in [0.717, 1.165) is 16.1 Å². The monoisotopic (exact) mass is 647 g/mol. The number of imide groups is 2. The van der Waals surface area contributed by atoms with Crippen LogP contribution < -0.4 is 10.2 Å². The second kappa shape index (κ2) is 11.7.